The van der Waals surface area contributed by atoms with Crippen molar-refractivity contribution in [3.63, 3.8) is 0 Å². The van der Waals surface area contributed by atoms with Gasteiger partial charge in [-0.2, -0.15) is 0 Å². The number of nitrogens with zero attached hydrogens (tertiary/aromatic N) is 1. The average Bonchev–Trinajstić information content (AvgIpc) is 3.23. The second kappa shape index (κ2) is 6.41. The summed E-state index contributed by atoms with van der Waals surface area (Å²) in [4.78, 5) is 2.38. The van der Waals surface area contributed by atoms with Crippen molar-refractivity contribution < 1.29 is 8.42 Å². The standard InChI is InChI=1S/C13H20ClN3O2S/c1-17(11-2-3-11)7-6-16-20(18,19)12-4-5-13(14)10(8-12)9-15/h4-5,8,11,16H,2-3,6-7,9,15H2,1H3. The smallest absolute Gasteiger partial charge is 0.240 e. The molecule has 1 saturated carbocycles. The lowest BCUT2D eigenvalue weighted by atomic mass is 10.2. The van der Waals surface area contributed by atoms with Gasteiger partial charge in [-0.15, -0.1) is 0 Å². The first kappa shape index (κ1) is 15.7. The van der Waals surface area contributed by atoms with Gasteiger partial charge in [-0.05, 0) is 43.7 Å². The summed E-state index contributed by atoms with van der Waals surface area (Å²) >= 11 is 5.93. The van der Waals surface area contributed by atoms with Crippen LogP contribution in [-0.2, 0) is 16.6 Å². The normalized spacial score (nSPS) is 15.8. The fraction of sp³-hybridized carbons (Fsp3) is 0.538. The van der Waals surface area contributed by atoms with Crippen LogP contribution in [0, 0.1) is 0 Å². The molecule has 0 unspecified atom stereocenters. The van der Waals surface area contributed by atoms with Crippen molar-refractivity contribution >= 4 is 21.6 Å². The largest absolute Gasteiger partial charge is 0.326 e. The summed E-state index contributed by atoms with van der Waals surface area (Å²) in [7, 11) is -1.49. The lowest BCUT2D eigenvalue weighted by molar-refractivity contribution is 0.329. The van der Waals surface area contributed by atoms with E-state index in [1.54, 1.807) is 6.07 Å². The summed E-state index contributed by atoms with van der Waals surface area (Å²) in [6, 6.07) is 5.21. The number of benzene rings is 1. The second-order valence-corrected chi connectivity index (χ2v) is 7.24. The molecule has 0 aromatic heterocycles. The highest BCUT2D eigenvalue weighted by Gasteiger charge is 2.25. The Morgan fingerprint density at radius 1 is 1.45 bits per heavy atom. The third-order valence-electron chi connectivity index (χ3n) is 3.47. The van der Waals surface area contributed by atoms with Gasteiger partial charge < -0.3 is 10.6 Å². The van der Waals surface area contributed by atoms with Crippen LogP contribution < -0.4 is 10.5 Å². The van der Waals surface area contributed by atoms with Gasteiger partial charge in [0.15, 0.2) is 0 Å². The van der Waals surface area contributed by atoms with Crippen molar-refractivity contribution in [3.05, 3.63) is 28.8 Å². The molecule has 20 heavy (non-hydrogen) atoms. The SMILES string of the molecule is CN(CCNS(=O)(=O)c1ccc(Cl)c(CN)c1)C1CC1. The van der Waals surface area contributed by atoms with Crippen LogP contribution in [0.1, 0.15) is 18.4 Å². The summed E-state index contributed by atoms with van der Waals surface area (Å²) in [6.07, 6.45) is 2.42. The van der Waals surface area contributed by atoms with E-state index in [4.69, 9.17) is 17.3 Å². The van der Waals surface area contributed by atoms with Crippen molar-refractivity contribution in [1.82, 2.24) is 9.62 Å². The Balaban J connectivity index is 1.98. The number of rotatable bonds is 7. The molecule has 5 nitrogen and oxygen atoms in total. The predicted molar refractivity (Wildman–Crippen MR) is 80.2 cm³/mol. The van der Waals surface area contributed by atoms with E-state index in [2.05, 4.69) is 9.62 Å². The third kappa shape index (κ3) is 3.93. The van der Waals surface area contributed by atoms with Crippen LogP contribution in [-0.4, -0.2) is 39.5 Å². The molecule has 3 N–H and O–H groups in total. The Kier molecular flexibility index (Phi) is 5.04. The maximum absolute atomic E-state index is 12.2. The molecule has 0 bridgehead atoms. The topological polar surface area (TPSA) is 75.4 Å². The Hall–Kier alpha value is -0.660. The number of hydrogen-bond acceptors (Lipinski definition) is 4. The highest BCUT2D eigenvalue weighted by atomic mass is 35.5. The Bertz CT molecular complexity index is 573. The molecule has 1 aliphatic carbocycles. The van der Waals surface area contributed by atoms with E-state index in [0.717, 1.165) is 0 Å². The van der Waals surface area contributed by atoms with Gasteiger partial charge in [0.2, 0.25) is 10.0 Å². The first-order chi connectivity index (χ1) is 9.44. The Morgan fingerprint density at radius 2 is 2.15 bits per heavy atom. The summed E-state index contributed by atoms with van der Waals surface area (Å²) in [6.45, 7) is 1.32. The van der Waals surface area contributed by atoms with Gasteiger partial charge in [0.05, 0.1) is 4.90 Å². The minimum absolute atomic E-state index is 0.205. The molecule has 1 fully saturated rings. The number of halogens is 1. The van der Waals surface area contributed by atoms with Crippen LogP contribution in [0.5, 0.6) is 0 Å². The quantitative estimate of drug-likeness (QED) is 0.791. The Morgan fingerprint density at radius 3 is 2.75 bits per heavy atom. The van der Waals surface area contributed by atoms with Gasteiger partial charge in [0, 0.05) is 30.7 Å². The molecule has 0 spiro atoms. The zero-order chi connectivity index (χ0) is 14.8. The first-order valence-corrected chi connectivity index (χ1v) is 8.48. The van der Waals surface area contributed by atoms with Crippen LogP contribution in [0.25, 0.3) is 0 Å². The highest BCUT2D eigenvalue weighted by molar-refractivity contribution is 7.89. The van der Waals surface area contributed by atoms with Gasteiger partial charge in [-0.25, -0.2) is 13.1 Å². The summed E-state index contributed by atoms with van der Waals surface area (Å²) in [5.41, 5.74) is 6.17. The van der Waals surface area contributed by atoms with E-state index in [9.17, 15) is 8.42 Å². The molecule has 0 saturated heterocycles. The summed E-state index contributed by atoms with van der Waals surface area (Å²) in [5, 5.41) is 0.486. The molecule has 0 heterocycles. The maximum atomic E-state index is 12.2. The zero-order valence-corrected chi connectivity index (χ0v) is 13.0. The van der Waals surface area contributed by atoms with Gasteiger partial charge in [-0.1, -0.05) is 11.6 Å². The fourth-order valence-corrected chi connectivity index (χ4v) is 3.28. The lowest BCUT2D eigenvalue weighted by Crippen LogP contribution is -2.34. The second-order valence-electron chi connectivity index (χ2n) is 5.07. The minimum atomic E-state index is -3.50. The van der Waals surface area contributed by atoms with Crippen LogP contribution >= 0.6 is 11.6 Å². The first-order valence-electron chi connectivity index (χ1n) is 6.62. The molecular formula is C13H20ClN3O2S. The number of sulfonamides is 1. The Labute approximate surface area is 125 Å². The van der Waals surface area contributed by atoms with Crippen molar-refractivity contribution in [2.75, 3.05) is 20.1 Å². The van der Waals surface area contributed by atoms with Crippen LogP contribution in [0.15, 0.2) is 23.1 Å². The highest BCUT2D eigenvalue weighted by Crippen LogP contribution is 2.24. The number of nitrogens with one attached hydrogen (secondary N) is 1. The molecule has 7 heteroatoms. The molecule has 0 amide bonds. The summed E-state index contributed by atoms with van der Waals surface area (Å²) < 4.78 is 26.9. The number of likely N-dealkylation sites (N-methyl/N-ethyl adjacent to an activating group) is 1. The predicted octanol–water partition coefficient (Wildman–Crippen LogP) is 1.17. The zero-order valence-electron chi connectivity index (χ0n) is 11.5. The molecule has 1 aromatic carbocycles. The van der Waals surface area contributed by atoms with E-state index in [-0.39, 0.29) is 11.4 Å². The van der Waals surface area contributed by atoms with E-state index in [0.29, 0.717) is 29.7 Å². The molecule has 0 atom stereocenters. The van der Waals surface area contributed by atoms with Gasteiger partial charge in [0.1, 0.15) is 0 Å². The monoisotopic (exact) mass is 317 g/mol. The van der Waals surface area contributed by atoms with Crippen molar-refractivity contribution in [2.45, 2.75) is 30.3 Å². The van der Waals surface area contributed by atoms with Crippen LogP contribution in [0.2, 0.25) is 5.02 Å². The molecule has 0 radical (unpaired) electrons. The van der Waals surface area contributed by atoms with Gasteiger partial charge in [0.25, 0.3) is 0 Å². The number of nitrogens with two attached hydrogens (primary N) is 1. The van der Waals surface area contributed by atoms with E-state index < -0.39 is 10.0 Å². The molecule has 2 rings (SSSR count). The van der Waals surface area contributed by atoms with Gasteiger partial charge >= 0.3 is 0 Å². The van der Waals surface area contributed by atoms with Crippen LogP contribution in [0.3, 0.4) is 0 Å². The molecule has 0 aliphatic heterocycles. The van der Waals surface area contributed by atoms with E-state index in [1.165, 1.54) is 25.0 Å². The van der Waals surface area contributed by atoms with Crippen LogP contribution in [0.4, 0.5) is 0 Å². The van der Waals surface area contributed by atoms with E-state index >= 15 is 0 Å². The fourth-order valence-electron chi connectivity index (χ4n) is 2.01. The number of hydrogen-bond donors (Lipinski definition) is 2. The molecule has 1 aromatic rings. The minimum Gasteiger partial charge on any atom is -0.326 e. The van der Waals surface area contributed by atoms with Crippen molar-refractivity contribution in [1.29, 1.82) is 0 Å². The molecule has 1 aliphatic rings. The van der Waals surface area contributed by atoms with Gasteiger partial charge in [-0.3, -0.25) is 0 Å². The van der Waals surface area contributed by atoms with E-state index in [1.807, 2.05) is 7.05 Å². The molecular weight excluding hydrogens is 298 g/mol. The lowest BCUT2D eigenvalue weighted by Gasteiger charge is -2.16. The summed E-state index contributed by atoms with van der Waals surface area (Å²) in [5.74, 6) is 0. The molecule has 112 valence electrons. The average molecular weight is 318 g/mol. The van der Waals surface area contributed by atoms with Crippen molar-refractivity contribution in [3.8, 4) is 0 Å². The third-order valence-corrected chi connectivity index (χ3v) is 5.30. The van der Waals surface area contributed by atoms with Crippen molar-refractivity contribution in [2.24, 2.45) is 5.73 Å². The maximum Gasteiger partial charge on any atom is 0.240 e.